The van der Waals surface area contributed by atoms with Crippen LogP contribution < -0.4 is 10.6 Å². The van der Waals surface area contributed by atoms with Crippen molar-refractivity contribution in [3.05, 3.63) is 77.9 Å². The number of rotatable bonds is 6. The summed E-state index contributed by atoms with van der Waals surface area (Å²) in [6, 6.07) is 12.0. The lowest BCUT2D eigenvalue weighted by molar-refractivity contribution is -0.148. The second kappa shape index (κ2) is 14.6. The van der Waals surface area contributed by atoms with Crippen LogP contribution in [0.2, 0.25) is 0 Å². The second-order valence-electron chi connectivity index (χ2n) is 10.3. The fourth-order valence-electron chi connectivity index (χ4n) is 5.05. The van der Waals surface area contributed by atoms with E-state index in [4.69, 9.17) is 9.47 Å². The van der Waals surface area contributed by atoms with Crippen LogP contribution in [0.1, 0.15) is 16.8 Å². The Labute approximate surface area is 244 Å². The Morgan fingerprint density at radius 2 is 1.74 bits per heavy atom. The van der Waals surface area contributed by atoms with Gasteiger partial charge in [0.1, 0.15) is 18.7 Å². The lowest BCUT2D eigenvalue weighted by atomic mass is 10.1. The van der Waals surface area contributed by atoms with Gasteiger partial charge in [-0.25, -0.2) is 4.68 Å². The van der Waals surface area contributed by atoms with Crippen molar-refractivity contribution in [1.29, 1.82) is 0 Å². The molecule has 2 N–H and O–H groups in total. The minimum absolute atomic E-state index is 0.128. The largest absolute Gasteiger partial charge is 0.377 e. The van der Waals surface area contributed by atoms with E-state index in [0.717, 1.165) is 11.1 Å². The minimum Gasteiger partial charge on any atom is -0.377 e. The van der Waals surface area contributed by atoms with Crippen LogP contribution in [0.15, 0.2) is 61.1 Å². The molecule has 42 heavy (non-hydrogen) atoms. The maximum Gasteiger partial charge on any atom is 0.249 e. The molecule has 0 aliphatic carbocycles. The van der Waals surface area contributed by atoms with Gasteiger partial charge in [0.15, 0.2) is 0 Å². The van der Waals surface area contributed by atoms with Crippen LogP contribution in [0, 0.1) is 0 Å². The number of amides is 3. The molecule has 13 heteroatoms. The van der Waals surface area contributed by atoms with E-state index in [9.17, 15) is 14.4 Å². The molecule has 2 aromatic heterocycles. The fraction of sp³-hybridized carbons (Fsp3) is 0.448. The summed E-state index contributed by atoms with van der Waals surface area (Å²) in [6.45, 7) is 3.33. The molecule has 4 heterocycles. The summed E-state index contributed by atoms with van der Waals surface area (Å²) in [7, 11) is 0. The zero-order chi connectivity index (χ0) is 29.1. The Bertz CT molecular complexity index is 1320. The fourth-order valence-corrected chi connectivity index (χ4v) is 5.05. The first kappa shape index (κ1) is 29.3. The van der Waals surface area contributed by atoms with E-state index >= 15 is 0 Å². The van der Waals surface area contributed by atoms with E-state index in [1.54, 1.807) is 28.2 Å². The van der Waals surface area contributed by atoms with Gasteiger partial charge in [-0.3, -0.25) is 24.3 Å². The predicted molar refractivity (Wildman–Crippen MR) is 151 cm³/mol. The maximum absolute atomic E-state index is 13.8. The summed E-state index contributed by atoms with van der Waals surface area (Å²) < 4.78 is 12.7. The Kier molecular flexibility index (Phi) is 10.2. The number of hydrogen-bond donors (Lipinski definition) is 2. The molecule has 2 atom stereocenters. The third-order valence-corrected chi connectivity index (χ3v) is 7.18. The van der Waals surface area contributed by atoms with Gasteiger partial charge >= 0.3 is 0 Å². The van der Waals surface area contributed by atoms with Crippen LogP contribution in [0.5, 0.6) is 0 Å². The molecule has 0 unspecified atom stereocenters. The quantitative estimate of drug-likeness (QED) is 0.402. The van der Waals surface area contributed by atoms with Gasteiger partial charge in [0.05, 0.1) is 32.1 Å². The number of carbonyl (C=O) groups is 3. The Morgan fingerprint density at radius 1 is 0.905 bits per heavy atom. The topological polar surface area (TPSA) is 144 Å². The SMILES string of the molecule is O=C1NCCOCCOCC(=O)N2CCN(Cc3ccccc3)C[C@H]2C(=O)N[C@@H]1Cc1cn(Cc2cccnc2)nn1. The van der Waals surface area contributed by atoms with E-state index in [2.05, 4.69) is 30.8 Å². The van der Waals surface area contributed by atoms with Crippen LogP contribution in [0.25, 0.3) is 0 Å². The number of aromatic nitrogens is 4. The van der Waals surface area contributed by atoms with Crippen LogP contribution in [-0.4, -0.2) is 112 Å². The van der Waals surface area contributed by atoms with Gasteiger partial charge in [-0.05, 0) is 17.2 Å². The van der Waals surface area contributed by atoms with Crippen molar-refractivity contribution in [3.63, 3.8) is 0 Å². The van der Waals surface area contributed by atoms with E-state index < -0.39 is 18.0 Å². The number of nitrogens with zero attached hydrogens (tertiary/aromatic N) is 6. The molecular formula is C29H36N8O5. The van der Waals surface area contributed by atoms with Crippen LogP contribution >= 0.6 is 0 Å². The Hall–Kier alpha value is -4.20. The summed E-state index contributed by atoms with van der Waals surface area (Å²) >= 11 is 0. The molecule has 2 saturated heterocycles. The maximum atomic E-state index is 13.8. The first-order valence-corrected chi connectivity index (χ1v) is 14.1. The number of benzene rings is 1. The summed E-state index contributed by atoms with van der Waals surface area (Å²) in [5.74, 6) is -1.05. The average Bonchev–Trinajstić information content (AvgIpc) is 3.44. The van der Waals surface area contributed by atoms with Gasteiger partial charge in [0.2, 0.25) is 17.7 Å². The van der Waals surface area contributed by atoms with E-state index in [1.165, 1.54) is 0 Å². The zero-order valence-corrected chi connectivity index (χ0v) is 23.4. The van der Waals surface area contributed by atoms with Crippen LogP contribution in [0.4, 0.5) is 0 Å². The molecule has 3 amide bonds. The van der Waals surface area contributed by atoms with E-state index in [-0.39, 0.29) is 51.2 Å². The summed E-state index contributed by atoms with van der Waals surface area (Å²) in [5.41, 5.74) is 2.62. The van der Waals surface area contributed by atoms with Gasteiger partial charge in [-0.2, -0.15) is 0 Å². The lowest BCUT2D eigenvalue weighted by Crippen LogP contribution is -2.63. The van der Waals surface area contributed by atoms with Crippen molar-refractivity contribution in [2.24, 2.45) is 0 Å². The van der Waals surface area contributed by atoms with Crippen molar-refractivity contribution in [2.45, 2.75) is 31.6 Å². The van der Waals surface area contributed by atoms with Gasteiger partial charge < -0.3 is 25.0 Å². The third-order valence-electron chi connectivity index (χ3n) is 7.18. The highest BCUT2D eigenvalue weighted by atomic mass is 16.5. The monoisotopic (exact) mass is 576 g/mol. The molecule has 0 radical (unpaired) electrons. The number of pyridine rings is 1. The number of piperazine rings is 1. The van der Waals surface area contributed by atoms with Gasteiger partial charge in [-0.1, -0.05) is 41.6 Å². The molecule has 2 fully saturated rings. The smallest absolute Gasteiger partial charge is 0.249 e. The average molecular weight is 577 g/mol. The second-order valence-corrected chi connectivity index (χ2v) is 10.3. The number of nitrogens with one attached hydrogen (secondary N) is 2. The molecule has 222 valence electrons. The van der Waals surface area contributed by atoms with Crippen LogP contribution in [-0.2, 0) is 43.4 Å². The molecule has 0 spiro atoms. The van der Waals surface area contributed by atoms with E-state index in [1.807, 2.05) is 42.5 Å². The predicted octanol–water partition coefficient (Wildman–Crippen LogP) is -0.375. The van der Waals surface area contributed by atoms with Crippen molar-refractivity contribution < 1.29 is 23.9 Å². The first-order chi connectivity index (χ1) is 20.5. The Morgan fingerprint density at radius 3 is 2.57 bits per heavy atom. The molecule has 5 rings (SSSR count). The molecule has 1 aromatic carbocycles. The highest BCUT2D eigenvalue weighted by Crippen LogP contribution is 2.15. The molecule has 0 saturated carbocycles. The lowest BCUT2D eigenvalue weighted by Gasteiger charge is -2.41. The van der Waals surface area contributed by atoms with Gasteiger partial charge in [0, 0.05) is 57.7 Å². The number of carbonyl (C=O) groups excluding carboxylic acids is 3. The molecular weight excluding hydrogens is 540 g/mol. The van der Waals surface area contributed by atoms with Gasteiger partial charge in [0.25, 0.3) is 0 Å². The van der Waals surface area contributed by atoms with Crippen molar-refractivity contribution in [2.75, 3.05) is 52.6 Å². The zero-order valence-electron chi connectivity index (χ0n) is 23.4. The molecule has 2 aliphatic rings. The standard InChI is InChI=1S/C29H36N8O5/c38-27-21-42-14-13-41-12-9-31-28(39)25(15-24-19-36(34-33-24)18-23-7-4-8-30-16-23)32-29(40)26-20-35(10-11-37(26)27)17-22-5-2-1-3-6-22/h1-8,16,19,25-26H,9-15,17-18,20-21H2,(H,31,39)(H,32,40)/t25-,26+/m1/s1. The van der Waals surface area contributed by atoms with Crippen molar-refractivity contribution in [1.82, 2.24) is 40.4 Å². The van der Waals surface area contributed by atoms with Crippen molar-refractivity contribution >= 4 is 17.7 Å². The normalized spacial score (nSPS) is 21.5. The minimum atomic E-state index is -0.927. The van der Waals surface area contributed by atoms with Crippen LogP contribution in [0.3, 0.4) is 0 Å². The molecule has 13 nitrogen and oxygen atoms in total. The highest BCUT2D eigenvalue weighted by molar-refractivity contribution is 5.92. The van der Waals surface area contributed by atoms with Gasteiger partial charge in [-0.15, -0.1) is 5.10 Å². The number of ether oxygens (including phenoxy) is 2. The van der Waals surface area contributed by atoms with Crippen molar-refractivity contribution in [3.8, 4) is 0 Å². The molecule has 2 aliphatic heterocycles. The van der Waals surface area contributed by atoms with E-state index in [0.29, 0.717) is 38.4 Å². The molecule has 0 bridgehead atoms. The number of hydrogen-bond acceptors (Lipinski definition) is 9. The first-order valence-electron chi connectivity index (χ1n) is 14.1. The summed E-state index contributed by atoms with van der Waals surface area (Å²) in [4.78, 5) is 48.0. The summed E-state index contributed by atoms with van der Waals surface area (Å²) in [5, 5.41) is 14.2. The Balaban J connectivity index is 1.33. The summed E-state index contributed by atoms with van der Waals surface area (Å²) in [6.07, 6.45) is 5.33. The molecule has 3 aromatic rings. The third kappa shape index (κ3) is 8.18. The highest BCUT2D eigenvalue weighted by Gasteiger charge is 2.37. The number of fused-ring (bicyclic) bond motifs is 1.